The van der Waals surface area contributed by atoms with Gasteiger partial charge in [-0.1, -0.05) is 18.2 Å². The highest BCUT2D eigenvalue weighted by molar-refractivity contribution is 5.91. The highest BCUT2D eigenvalue weighted by atomic mass is 16.5. The number of carbonyl (C=O) groups is 2. The second-order valence-corrected chi connectivity index (χ2v) is 5.29. The van der Waals surface area contributed by atoms with Gasteiger partial charge in [0.15, 0.2) is 0 Å². The van der Waals surface area contributed by atoms with E-state index < -0.39 is 0 Å². The lowest BCUT2D eigenvalue weighted by Gasteiger charge is -2.28. The SMILES string of the molecule is COC(=O)C1=CCC(C(C)NC(=O)[C@H]2COCCN2)C=C1. The van der Waals surface area contributed by atoms with Crippen molar-refractivity contribution in [3.63, 3.8) is 0 Å². The van der Waals surface area contributed by atoms with Gasteiger partial charge in [-0.05, 0) is 13.3 Å². The van der Waals surface area contributed by atoms with Crippen molar-refractivity contribution in [1.82, 2.24) is 10.6 Å². The van der Waals surface area contributed by atoms with E-state index in [2.05, 4.69) is 15.4 Å². The zero-order valence-electron chi connectivity index (χ0n) is 12.4. The number of carbonyl (C=O) groups excluding carboxylic acids is 2. The topological polar surface area (TPSA) is 76.7 Å². The molecular weight excluding hydrogens is 272 g/mol. The molecule has 3 atom stereocenters. The van der Waals surface area contributed by atoms with Crippen LogP contribution < -0.4 is 10.6 Å². The summed E-state index contributed by atoms with van der Waals surface area (Å²) in [6.07, 6.45) is 6.25. The molecule has 1 heterocycles. The summed E-state index contributed by atoms with van der Waals surface area (Å²) >= 11 is 0. The van der Waals surface area contributed by atoms with Gasteiger partial charge in [-0.15, -0.1) is 0 Å². The predicted molar refractivity (Wildman–Crippen MR) is 77.6 cm³/mol. The van der Waals surface area contributed by atoms with E-state index in [1.807, 2.05) is 19.1 Å². The first-order chi connectivity index (χ1) is 10.1. The van der Waals surface area contributed by atoms with E-state index in [0.717, 1.165) is 0 Å². The fourth-order valence-electron chi connectivity index (χ4n) is 2.44. The van der Waals surface area contributed by atoms with Crippen LogP contribution in [0.3, 0.4) is 0 Å². The number of morpholine rings is 1. The maximum absolute atomic E-state index is 12.1. The zero-order valence-corrected chi connectivity index (χ0v) is 12.4. The molecule has 2 rings (SSSR count). The summed E-state index contributed by atoms with van der Waals surface area (Å²) in [5.41, 5.74) is 0.564. The van der Waals surface area contributed by atoms with Crippen molar-refractivity contribution in [3.8, 4) is 0 Å². The molecule has 0 aromatic rings. The van der Waals surface area contributed by atoms with E-state index in [9.17, 15) is 9.59 Å². The number of ether oxygens (including phenoxy) is 2. The van der Waals surface area contributed by atoms with Gasteiger partial charge in [-0.2, -0.15) is 0 Å². The molecule has 1 aliphatic heterocycles. The second kappa shape index (κ2) is 7.38. The largest absolute Gasteiger partial charge is 0.465 e. The standard InChI is InChI=1S/C15H22N2O4/c1-10(17-14(18)13-9-21-8-7-16-13)11-3-5-12(6-4-11)15(19)20-2/h3,5-6,10-11,13,16H,4,7-9H2,1-2H3,(H,17,18)/t10?,11?,13-/m1/s1. The molecule has 0 radical (unpaired) electrons. The van der Waals surface area contributed by atoms with Gasteiger partial charge < -0.3 is 20.1 Å². The summed E-state index contributed by atoms with van der Waals surface area (Å²) < 4.78 is 9.96. The Labute approximate surface area is 124 Å². The van der Waals surface area contributed by atoms with Crippen LogP contribution in [-0.4, -0.2) is 50.8 Å². The first kappa shape index (κ1) is 15.7. The molecule has 1 saturated heterocycles. The normalized spacial score (nSPS) is 26.7. The quantitative estimate of drug-likeness (QED) is 0.722. The number of amides is 1. The summed E-state index contributed by atoms with van der Waals surface area (Å²) in [6, 6.07) is -0.289. The molecule has 0 aromatic carbocycles. The number of hydrogen-bond acceptors (Lipinski definition) is 5. The van der Waals surface area contributed by atoms with Crippen LogP contribution in [0.25, 0.3) is 0 Å². The highest BCUT2D eigenvalue weighted by Gasteiger charge is 2.25. The molecule has 2 N–H and O–H groups in total. The molecule has 0 bridgehead atoms. The minimum Gasteiger partial charge on any atom is -0.465 e. The summed E-state index contributed by atoms with van der Waals surface area (Å²) in [4.78, 5) is 23.5. The maximum atomic E-state index is 12.1. The van der Waals surface area contributed by atoms with Crippen molar-refractivity contribution in [2.24, 2.45) is 5.92 Å². The number of rotatable bonds is 4. The summed E-state index contributed by atoms with van der Waals surface area (Å²) in [6.45, 7) is 3.71. The summed E-state index contributed by atoms with van der Waals surface area (Å²) in [5.74, 6) is -0.199. The van der Waals surface area contributed by atoms with E-state index >= 15 is 0 Å². The highest BCUT2D eigenvalue weighted by Crippen LogP contribution is 2.20. The lowest BCUT2D eigenvalue weighted by molar-refractivity contribution is -0.135. The zero-order chi connectivity index (χ0) is 15.2. The van der Waals surface area contributed by atoms with Crippen LogP contribution in [0.2, 0.25) is 0 Å². The van der Waals surface area contributed by atoms with E-state index in [1.54, 1.807) is 6.08 Å². The van der Waals surface area contributed by atoms with Crippen LogP contribution in [0.5, 0.6) is 0 Å². The minimum atomic E-state index is -0.329. The van der Waals surface area contributed by atoms with Gasteiger partial charge in [-0.3, -0.25) is 4.79 Å². The van der Waals surface area contributed by atoms with Gasteiger partial charge >= 0.3 is 5.97 Å². The fourth-order valence-corrected chi connectivity index (χ4v) is 2.44. The second-order valence-electron chi connectivity index (χ2n) is 5.29. The Bertz CT molecular complexity index is 453. The number of nitrogens with one attached hydrogen (secondary N) is 2. The number of allylic oxidation sites excluding steroid dienone is 1. The third-order valence-corrected chi connectivity index (χ3v) is 3.80. The molecule has 6 heteroatoms. The van der Waals surface area contributed by atoms with E-state index in [0.29, 0.717) is 31.8 Å². The van der Waals surface area contributed by atoms with Crippen LogP contribution in [0.4, 0.5) is 0 Å². The van der Waals surface area contributed by atoms with Gasteiger partial charge in [0.25, 0.3) is 0 Å². The molecule has 2 unspecified atom stereocenters. The Kier molecular flexibility index (Phi) is 5.52. The average Bonchev–Trinajstić information content (AvgIpc) is 2.55. The third kappa shape index (κ3) is 4.15. The van der Waals surface area contributed by atoms with Crippen LogP contribution in [0, 0.1) is 5.92 Å². The summed E-state index contributed by atoms with van der Waals surface area (Å²) in [5, 5.41) is 6.13. The molecule has 116 valence electrons. The number of methoxy groups -OCH3 is 1. The number of hydrogen-bond donors (Lipinski definition) is 2. The van der Waals surface area contributed by atoms with Gasteiger partial charge in [0.05, 0.1) is 25.9 Å². The molecule has 2 aliphatic rings. The first-order valence-electron chi connectivity index (χ1n) is 7.20. The van der Waals surface area contributed by atoms with Gasteiger partial charge in [0.2, 0.25) is 5.91 Å². The van der Waals surface area contributed by atoms with E-state index in [-0.39, 0.29) is 29.9 Å². The molecule has 1 fully saturated rings. The third-order valence-electron chi connectivity index (χ3n) is 3.80. The van der Waals surface area contributed by atoms with E-state index in [4.69, 9.17) is 4.74 Å². The van der Waals surface area contributed by atoms with Gasteiger partial charge in [0, 0.05) is 18.5 Å². The molecular formula is C15H22N2O4. The van der Waals surface area contributed by atoms with Crippen molar-refractivity contribution in [3.05, 3.63) is 23.8 Å². The average molecular weight is 294 g/mol. The molecule has 0 saturated carbocycles. The summed E-state index contributed by atoms with van der Waals surface area (Å²) in [7, 11) is 1.37. The molecule has 1 amide bonds. The molecule has 6 nitrogen and oxygen atoms in total. The Morgan fingerprint density at radius 1 is 1.52 bits per heavy atom. The lowest BCUT2D eigenvalue weighted by Crippen LogP contribution is -2.53. The van der Waals surface area contributed by atoms with Crippen LogP contribution in [-0.2, 0) is 19.1 Å². The van der Waals surface area contributed by atoms with Crippen molar-refractivity contribution >= 4 is 11.9 Å². The van der Waals surface area contributed by atoms with Gasteiger partial charge in [0.1, 0.15) is 6.04 Å². The molecule has 0 spiro atoms. The van der Waals surface area contributed by atoms with Crippen molar-refractivity contribution < 1.29 is 19.1 Å². The van der Waals surface area contributed by atoms with Crippen molar-refractivity contribution in [2.75, 3.05) is 26.9 Å². The Balaban J connectivity index is 1.83. The monoisotopic (exact) mass is 294 g/mol. The fraction of sp³-hybridized carbons (Fsp3) is 0.600. The number of esters is 1. The molecule has 1 aliphatic carbocycles. The van der Waals surface area contributed by atoms with Crippen LogP contribution in [0.15, 0.2) is 23.8 Å². The molecule has 21 heavy (non-hydrogen) atoms. The van der Waals surface area contributed by atoms with Crippen molar-refractivity contribution in [1.29, 1.82) is 0 Å². The van der Waals surface area contributed by atoms with Crippen molar-refractivity contribution in [2.45, 2.75) is 25.4 Å². The minimum absolute atomic E-state index is 0.00655. The predicted octanol–water partition coefficient (Wildman–Crippen LogP) is 0.155. The first-order valence-corrected chi connectivity index (χ1v) is 7.20. The van der Waals surface area contributed by atoms with Crippen LogP contribution in [0.1, 0.15) is 13.3 Å². The lowest BCUT2D eigenvalue weighted by atomic mass is 9.91. The smallest absolute Gasteiger partial charge is 0.337 e. The Morgan fingerprint density at radius 3 is 2.90 bits per heavy atom. The Morgan fingerprint density at radius 2 is 2.33 bits per heavy atom. The van der Waals surface area contributed by atoms with E-state index in [1.165, 1.54) is 7.11 Å². The maximum Gasteiger partial charge on any atom is 0.337 e. The van der Waals surface area contributed by atoms with Crippen LogP contribution >= 0.6 is 0 Å². The Hall–Kier alpha value is -1.66. The van der Waals surface area contributed by atoms with Gasteiger partial charge in [-0.25, -0.2) is 4.79 Å². The molecule has 0 aromatic heterocycles.